The summed E-state index contributed by atoms with van der Waals surface area (Å²) < 4.78 is 0. The Kier molecular flexibility index (Phi) is 6.66. The molecule has 32 heavy (non-hydrogen) atoms. The van der Waals surface area contributed by atoms with Crippen molar-refractivity contribution in [1.82, 2.24) is 19.9 Å². The minimum Gasteiger partial charge on any atom is -0.307 e. The van der Waals surface area contributed by atoms with E-state index in [1.165, 1.54) is 34.0 Å². The molecule has 2 aromatic rings. The van der Waals surface area contributed by atoms with E-state index < -0.39 is 0 Å². The van der Waals surface area contributed by atoms with Crippen LogP contribution in [0.25, 0.3) is 11.6 Å². The fourth-order valence-corrected chi connectivity index (χ4v) is 4.89. The minimum atomic E-state index is -0.136. The number of aromatic nitrogens is 3. The fourth-order valence-electron chi connectivity index (χ4n) is 4.89. The van der Waals surface area contributed by atoms with Crippen LogP contribution in [0.2, 0.25) is 0 Å². The second kappa shape index (κ2) is 9.61. The van der Waals surface area contributed by atoms with Crippen LogP contribution in [0.15, 0.2) is 64.8 Å². The maximum Gasteiger partial charge on any atom is 0.251 e. The Bertz CT molecular complexity index is 1170. The Hall–Kier alpha value is -3.05. The van der Waals surface area contributed by atoms with Gasteiger partial charge in [0.25, 0.3) is 5.56 Å². The van der Waals surface area contributed by atoms with Crippen molar-refractivity contribution in [2.75, 3.05) is 6.54 Å². The lowest BCUT2D eigenvalue weighted by molar-refractivity contribution is 0.230. The molecule has 0 spiro atoms. The third kappa shape index (κ3) is 4.73. The normalized spacial score (nSPS) is 20.6. The topological polar surface area (TPSA) is 61.9 Å². The van der Waals surface area contributed by atoms with Gasteiger partial charge in [-0.3, -0.25) is 14.7 Å². The highest BCUT2D eigenvalue weighted by atomic mass is 16.1. The molecular weight excluding hydrogens is 396 g/mol. The van der Waals surface area contributed by atoms with Gasteiger partial charge in [0, 0.05) is 49.7 Å². The summed E-state index contributed by atoms with van der Waals surface area (Å²) in [5.74, 6) is 1.11. The molecule has 0 fully saturated rings. The summed E-state index contributed by atoms with van der Waals surface area (Å²) in [6, 6.07) is 3.92. The Balaban J connectivity index is 1.63. The van der Waals surface area contributed by atoms with Gasteiger partial charge in [-0.15, -0.1) is 0 Å². The van der Waals surface area contributed by atoms with Gasteiger partial charge in [-0.2, -0.15) is 0 Å². The molecule has 5 heteroatoms. The molecule has 2 aliphatic rings. The first-order chi connectivity index (χ1) is 15.5. The van der Waals surface area contributed by atoms with E-state index in [1.807, 2.05) is 13.0 Å². The summed E-state index contributed by atoms with van der Waals surface area (Å²) in [6.45, 7) is 10.4. The number of pyridine rings is 1. The first-order valence-electron chi connectivity index (χ1n) is 11.4. The van der Waals surface area contributed by atoms with Crippen molar-refractivity contribution in [2.24, 2.45) is 5.92 Å². The first kappa shape index (κ1) is 22.2. The molecule has 0 saturated carbocycles. The fraction of sp³-hybridized carbons (Fsp3) is 0.370. The summed E-state index contributed by atoms with van der Waals surface area (Å²) >= 11 is 0. The lowest BCUT2D eigenvalue weighted by Crippen LogP contribution is -2.39. The standard InChI is InChI=1S/C27H32N4O/c1-5-7-24(20(4)14-25-28-12-10-26(32)30-25)31-13-11-23-22(17-31)15-21(16-29-23)27-18(2)8-6-9-19(27)3/h5-8,10,12,14-16,19,24H,9,11,13,17H2,1-4H3,(H,28,30,32)/b7-5-,20-14-. The van der Waals surface area contributed by atoms with Crippen LogP contribution in [0.1, 0.15) is 56.8 Å². The van der Waals surface area contributed by atoms with Gasteiger partial charge in [-0.1, -0.05) is 31.2 Å². The summed E-state index contributed by atoms with van der Waals surface area (Å²) in [5, 5.41) is 0. The molecular formula is C27H32N4O. The highest BCUT2D eigenvalue weighted by Gasteiger charge is 2.25. The number of allylic oxidation sites excluding steroid dienone is 5. The average Bonchev–Trinajstić information content (AvgIpc) is 2.77. The Morgan fingerprint density at radius 1 is 1.34 bits per heavy atom. The van der Waals surface area contributed by atoms with Crippen molar-refractivity contribution in [3.05, 3.63) is 93.0 Å². The molecule has 2 aromatic heterocycles. The summed E-state index contributed by atoms with van der Waals surface area (Å²) in [7, 11) is 0. The zero-order chi connectivity index (χ0) is 22.7. The molecule has 0 bridgehead atoms. The number of hydrogen-bond acceptors (Lipinski definition) is 4. The molecule has 2 atom stereocenters. The molecule has 5 nitrogen and oxygen atoms in total. The van der Waals surface area contributed by atoms with Gasteiger partial charge in [0.2, 0.25) is 0 Å². The lowest BCUT2D eigenvalue weighted by atomic mass is 9.84. The van der Waals surface area contributed by atoms with Crippen molar-refractivity contribution in [1.29, 1.82) is 0 Å². The Morgan fingerprint density at radius 3 is 2.94 bits per heavy atom. The Labute approximate surface area is 190 Å². The van der Waals surface area contributed by atoms with Gasteiger partial charge in [0.1, 0.15) is 5.82 Å². The van der Waals surface area contributed by atoms with Crippen molar-refractivity contribution < 1.29 is 0 Å². The largest absolute Gasteiger partial charge is 0.307 e. The molecule has 166 valence electrons. The first-order valence-corrected chi connectivity index (χ1v) is 11.4. The van der Waals surface area contributed by atoms with Crippen molar-refractivity contribution in [2.45, 2.75) is 53.1 Å². The number of hydrogen-bond donors (Lipinski definition) is 1. The SMILES string of the molecule is C/C=C\C(/C(C)=C\c1nccc(=O)[nH]1)N1CCc2ncc(C3=C(C)C=CCC3C)cc2C1. The van der Waals surface area contributed by atoms with E-state index >= 15 is 0 Å². The van der Waals surface area contributed by atoms with Crippen LogP contribution in [0, 0.1) is 5.92 Å². The van der Waals surface area contributed by atoms with Gasteiger partial charge >= 0.3 is 0 Å². The van der Waals surface area contributed by atoms with E-state index in [1.54, 1.807) is 6.20 Å². The van der Waals surface area contributed by atoms with Crippen molar-refractivity contribution >= 4 is 11.6 Å². The summed E-state index contributed by atoms with van der Waals surface area (Å²) in [4.78, 5) is 26.1. The second-order valence-corrected chi connectivity index (χ2v) is 8.86. The molecule has 0 radical (unpaired) electrons. The summed E-state index contributed by atoms with van der Waals surface area (Å²) in [6.07, 6.45) is 16.4. The van der Waals surface area contributed by atoms with Gasteiger partial charge < -0.3 is 4.98 Å². The van der Waals surface area contributed by atoms with Gasteiger partial charge in [0.15, 0.2) is 0 Å². The van der Waals surface area contributed by atoms with Crippen LogP contribution in [0.3, 0.4) is 0 Å². The van der Waals surface area contributed by atoms with Crippen molar-refractivity contribution in [3.63, 3.8) is 0 Å². The highest BCUT2D eigenvalue weighted by molar-refractivity contribution is 5.73. The number of aromatic amines is 1. The zero-order valence-corrected chi connectivity index (χ0v) is 19.4. The molecule has 0 amide bonds. The number of nitrogens with zero attached hydrogens (tertiary/aromatic N) is 3. The van der Waals surface area contributed by atoms with Crippen LogP contribution in [0.4, 0.5) is 0 Å². The van der Waals surface area contributed by atoms with Gasteiger partial charge in [-0.25, -0.2) is 4.98 Å². The van der Waals surface area contributed by atoms with E-state index in [2.05, 4.69) is 72.2 Å². The molecule has 1 aliphatic heterocycles. The third-order valence-electron chi connectivity index (χ3n) is 6.45. The number of nitrogens with one attached hydrogen (secondary N) is 1. The van der Waals surface area contributed by atoms with Gasteiger partial charge in [-0.05, 0) is 73.1 Å². The lowest BCUT2D eigenvalue weighted by Gasteiger charge is -2.35. The van der Waals surface area contributed by atoms with Crippen molar-refractivity contribution in [3.8, 4) is 0 Å². The van der Waals surface area contributed by atoms with E-state index in [-0.39, 0.29) is 11.6 Å². The predicted molar refractivity (Wildman–Crippen MR) is 131 cm³/mol. The molecule has 0 saturated heterocycles. The average molecular weight is 429 g/mol. The molecule has 0 aromatic carbocycles. The summed E-state index contributed by atoms with van der Waals surface area (Å²) in [5.41, 5.74) is 7.54. The number of rotatable bonds is 5. The molecule has 3 heterocycles. The molecule has 1 aliphatic carbocycles. The van der Waals surface area contributed by atoms with Crippen LogP contribution < -0.4 is 5.56 Å². The van der Waals surface area contributed by atoms with E-state index in [4.69, 9.17) is 4.98 Å². The van der Waals surface area contributed by atoms with E-state index in [0.717, 1.165) is 31.5 Å². The Morgan fingerprint density at radius 2 is 2.19 bits per heavy atom. The molecule has 4 rings (SSSR count). The second-order valence-electron chi connectivity index (χ2n) is 8.86. The van der Waals surface area contributed by atoms with E-state index in [0.29, 0.717) is 11.7 Å². The van der Waals surface area contributed by atoms with Crippen LogP contribution in [0.5, 0.6) is 0 Å². The van der Waals surface area contributed by atoms with Crippen LogP contribution >= 0.6 is 0 Å². The monoisotopic (exact) mass is 428 g/mol. The quantitative estimate of drug-likeness (QED) is 0.685. The molecule has 2 unspecified atom stereocenters. The van der Waals surface area contributed by atoms with E-state index in [9.17, 15) is 4.79 Å². The third-order valence-corrected chi connectivity index (χ3v) is 6.45. The minimum absolute atomic E-state index is 0.136. The maximum absolute atomic E-state index is 11.7. The number of H-pyrrole nitrogens is 1. The van der Waals surface area contributed by atoms with Gasteiger partial charge in [0.05, 0.1) is 0 Å². The predicted octanol–water partition coefficient (Wildman–Crippen LogP) is 4.94. The molecule has 1 N–H and O–H groups in total. The number of fused-ring (bicyclic) bond motifs is 1. The highest BCUT2D eigenvalue weighted by Crippen LogP contribution is 2.34. The van der Waals surface area contributed by atoms with Crippen LogP contribution in [-0.2, 0) is 13.0 Å². The zero-order valence-electron chi connectivity index (χ0n) is 19.4. The van der Waals surface area contributed by atoms with Crippen LogP contribution in [-0.4, -0.2) is 32.4 Å². The smallest absolute Gasteiger partial charge is 0.251 e. The maximum atomic E-state index is 11.7.